The van der Waals surface area contributed by atoms with Crippen LogP contribution in [0, 0.1) is 24.2 Å². The van der Waals surface area contributed by atoms with E-state index in [2.05, 4.69) is 19.9 Å². The maximum absolute atomic E-state index is 12.4. The number of nitrogens with zero attached hydrogens (tertiary/aromatic N) is 3. The first kappa shape index (κ1) is 17.1. The van der Waals surface area contributed by atoms with Crippen molar-refractivity contribution in [3.63, 3.8) is 0 Å². The van der Waals surface area contributed by atoms with Crippen molar-refractivity contribution in [2.45, 2.75) is 32.6 Å². The standard InChI is InChI=1S/C15H19N5O2S/c1-10(2)14(15-17-11(3)18-19-15)20-23(21,22)9-13-6-4-5-12(7-13)8-16/h4-7,10,14,20H,9H2,1-3H3,(H,17,18,19). The number of hydrogen-bond acceptors (Lipinski definition) is 5. The number of aryl methyl sites for hydroxylation is 1. The number of aromatic amines is 1. The molecule has 1 unspecified atom stereocenters. The third-order valence-corrected chi connectivity index (χ3v) is 4.61. The lowest BCUT2D eigenvalue weighted by Gasteiger charge is -2.19. The molecule has 2 N–H and O–H groups in total. The summed E-state index contributed by atoms with van der Waals surface area (Å²) in [5.41, 5.74) is 0.993. The zero-order valence-electron chi connectivity index (χ0n) is 13.2. The number of nitrogens with one attached hydrogen (secondary N) is 2. The minimum atomic E-state index is -3.60. The van der Waals surface area contributed by atoms with Gasteiger partial charge in [-0.25, -0.2) is 18.1 Å². The summed E-state index contributed by atoms with van der Waals surface area (Å²) in [5, 5.41) is 15.7. The van der Waals surface area contributed by atoms with Crippen molar-refractivity contribution in [1.29, 1.82) is 5.26 Å². The molecule has 0 amide bonds. The van der Waals surface area contributed by atoms with Gasteiger partial charge in [-0.2, -0.15) is 10.4 Å². The molecule has 2 rings (SSSR count). The van der Waals surface area contributed by atoms with Crippen LogP contribution in [0.25, 0.3) is 0 Å². The molecule has 0 aliphatic carbocycles. The Balaban J connectivity index is 2.19. The van der Waals surface area contributed by atoms with E-state index in [0.29, 0.717) is 22.8 Å². The molecule has 122 valence electrons. The van der Waals surface area contributed by atoms with E-state index in [9.17, 15) is 8.42 Å². The third-order valence-electron chi connectivity index (χ3n) is 3.28. The molecule has 1 aromatic heterocycles. The lowest BCUT2D eigenvalue weighted by atomic mass is 10.1. The van der Waals surface area contributed by atoms with Crippen molar-refractivity contribution < 1.29 is 8.42 Å². The van der Waals surface area contributed by atoms with Gasteiger partial charge in [-0.15, -0.1) is 0 Å². The maximum Gasteiger partial charge on any atom is 0.216 e. The molecule has 0 aliphatic rings. The van der Waals surface area contributed by atoms with E-state index in [1.807, 2.05) is 19.9 Å². The molecule has 0 aliphatic heterocycles. The predicted octanol–water partition coefficient (Wildman–Crippen LogP) is 1.80. The highest BCUT2D eigenvalue weighted by Crippen LogP contribution is 2.20. The van der Waals surface area contributed by atoms with Crippen molar-refractivity contribution in [3.05, 3.63) is 47.0 Å². The lowest BCUT2D eigenvalue weighted by Crippen LogP contribution is -2.33. The fourth-order valence-corrected chi connectivity index (χ4v) is 3.64. The fraction of sp³-hybridized carbons (Fsp3) is 0.400. The number of benzene rings is 1. The molecule has 1 heterocycles. The highest BCUT2D eigenvalue weighted by Gasteiger charge is 2.26. The van der Waals surface area contributed by atoms with Crippen LogP contribution in [0.3, 0.4) is 0 Å². The van der Waals surface area contributed by atoms with Crippen LogP contribution in [0.4, 0.5) is 0 Å². The Labute approximate surface area is 135 Å². The Hall–Kier alpha value is -2.24. The largest absolute Gasteiger partial charge is 0.263 e. The Morgan fingerprint density at radius 2 is 2.13 bits per heavy atom. The van der Waals surface area contributed by atoms with E-state index in [-0.39, 0.29) is 11.7 Å². The Morgan fingerprint density at radius 1 is 1.39 bits per heavy atom. The van der Waals surface area contributed by atoms with E-state index < -0.39 is 16.1 Å². The van der Waals surface area contributed by atoms with Crippen molar-refractivity contribution >= 4 is 10.0 Å². The number of rotatable bonds is 6. The van der Waals surface area contributed by atoms with Crippen LogP contribution >= 0.6 is 0 Å². The molecule has 0 saturated carbocycles. The van der Waals surface area contributed by atoms with E-state index in [1.54, 1.807) is 31.2 Å². The Kier molecular flexibility index (Phi) is 5.13. The van der Waals surface area contributed by atoms with Crippen molar-refractivity contribution in [2.75, 3.05) is 0 Å². The van der Waals surface area contributed by atoms with Gasteiger partial charge in [0.2, 0.25) is 10.0 Å². The summed E-state index contributed by atoms with van der Waals surface area (Å²) in [5.74, 6) is 0.846. The second kappa shape index (κ2) is 6.89. The summed E-state index contributed by atoms with van der Waals surface area (Å²) in [6.45, 7) is 5.56. The molecule has 0 radical (unpaired) electrons. The Bertz CT molecular complexity index is 820. The molecule has 0 bridgehead atoms. The van der Waals surface area contributed by atoms with E-state index in [0.717, 1.165) is 0 Å². The zero-order valence-corrected chi connectivity index (χ0v) is 14.1. The van der Waals surface area contributed by atoms with Crippen molar-refractivity contribution in [3.8, 4) is 6.07 Å². The van der Waals surface area contributed by atoms with Gasteiger partial charge in [0.05, 0.1) is 23.4 Å². The molecule has 0 spiro atoms. The summed E-state index contributed by atoms with van der Waals surface area (Å²) < 4.78 is 27.5. The lowest BCUT2D eigenvalue weighted by molar-refractivity contribution is 0.445. The molecule has 0 fully saturated rings. The number of H-pyrrole nitrogens is 1. The van der Waals surface area contributed by atoms with Crippen LogP contribution in [0.15, 0.2) is 24.3 Å². The second-order valence-electron chi connectivity index (χ2n) is 5.69. The first-order chi connectivity index (χ1) is 10.8. The molecular weight excluding hydrogens is 314 g/mol. The first-order valence-corrected chi connectivity index (χ1v) is 8.84. The number of hydrogen-bond donors (Lipinski definition) is 2. The van der Waals surface area contributed by atoms with Gasteiger partial charge in [0.15, 0.2) is 5.82 Å². The van der Waals surface area contributed by atoms with Gasteiger partial charge < -0.3 is 0 Å². The van der Waals surface area contributed by atoms with Gasteiger partial charge in [0, 0.05) is 0 Å². The summed E-state index contributed by atoms with van der Waals surface area (Å²) in [4.78, 5) is 4.21. The molecular formula is C15H19N5O2S. The van der Waals surface area contributed by atoms with E-state index in [4.69, 9.17) is 5.26 Å². The molecule has 7 nitrogen and oxygen atoms in total. The van der Waals surface area contributed by atoms with Crippen LogP contribution in [-0.4, -0.2) is 23.6 Å². The molecule has 23 heavy (non-hydrogen) atoms. The van der Waals surface area contributed by atoms with Gasteiger partial charge in [0.1, 0.15) is 5.82 Å². The minimum Gasteiger partial charge on any atom is -0.263 e. The number of nitriles is 1. The first-order valence-electron chi connectivity index (χ1n) is 7.18. The fourth-order valence-electron chi connectivity index (χ4n) is 2.17. The van der Waals surface area contributed by atoms with E-state index in [1.165, 1.54) is 0 Å². The minimum absolute atomic E-state index is 0.00887. The topological polar surface area (TPSA) is 112 Å². The summed E-state index contributed by atoms with van der Waals surface area (Å²) in [7, 11) is -3.60. The third kappa shape index (κ3) is 4.61. The van der Waals surface area contributed by atoms with Crippen molar-refractivity contribution in [2.24, 2.45) is 5.92 Å². The maximum atomic E-state index is 12.4. The highest BCUT2D eigenvalue weighted by atomic mass is 32.2. The van der Waals surface area contributed by atoms with Crippen LogP contribution in [0.1, 0.15) is 42.7 Å². The molecule has 0 saturated heterocycles. The molecule has 1 atom stereocenters. The molecule has 2 aromatic rings. The van der Waals surface area contributed by atoms with E-state index >= 15 is 0 Å². The predicted molar refractivity (Wildman–Crippen MR) is 85.6 cm³/mol. The van der Waals surface area contributed by atoms with Gasteiger partial charge in [-0.05, 0) is 30.5 Å². The molecule has 8 heteroatoms. The van der Waals surface area contributed by atoms with Gasteiger partial charge in [-0.3, -0.25) is 5.10 Å². The average Bonchev–Trinajstić information content (AvgIpc) is 2.90. The zero-order chi connectivity index (χ0) is 17.0. The number of aromatic nitrogens is 3. The summed E-state index contributed by atoms with van der Waals surface area (Å²) in [6, 6.07) is 8.05. The van der Waals surface area contributed by atoms with Crippen LogP contribution in [0.5, 0.6) is 0 Å². The van der Waals surface area contributed by atoms with Crippen molar-refractivity contribution in [1.82, 2.24) is 19.9 Å². The number of sulfonamides is 1. The smallest absolute Gasteiger partial charge is 0.216 e. The monoisotopic (exact) mass is 333 g/mol. The van der Waals surface area contributed by atoms with Gasteiger partial charge >= 0.3 is 0 Å². The second-order valence-corrected chi connectivity index (χ2v) is 7.44. The SMILES string of the molecule is Cc1nc(C(NS(=O)(=O)Cc2cccc(C#N)c2)C(C)C)n[nH]1. The average molecular weight is 333 g/mol. The van der Waals surface area contributed by atoms with Crippen LogP contribution in [-0.2, 0) is 15.8 Å². The van der Waals surface area contributed by atoms with Gasteiger partial charge in [0.25, 0.3) is 0 Å². The van der Waals surface area contributed by atoms with Gasteiger partial charge in [-0.1, -0.05) is 26.0 Å². The molecule has 1 aromatic carbocycles. The summed E-state index contributed by atoms with van der Waals surface area (Å²) in [6.07, 6.45) is 0. The summed E-state index contributed by atoms with van der Waals surface area (Å²) >= 11 is 0. The Morgan fingerprint density at radius 3 is 2.70 bits per heavy atom. The quantitative estimate of drug-likeness (QED) is 0.837. The van der Waals surface area contributed by atoms with Crippen LogP contribution in [0.2, 0.25) is 0 Å². The van der Waals surface area contributed by atoms with Crippen LogP contribution < -0.4 is 4.72 Å². The normalized spacial score (nSPS) is 13.0. The highest BCUT2D eigenvalue weighted by molar-refractivity contribution is 7.88.